The van der Waals surface area contributed by atoms with Crippen molar-refractivity contribution >= 4 is 50.2 Å². The van der Waals surface area contributed by atoms with Crippen molar-refractivity contribution < 1.29 is 4.42 Å². The monoisotopic (exact) mass is 356 g/mol. The Hall–Kier alpha value is -1.10. The lowest BCUT2D eigenvalue weighted by atomic mass is 10.2. The highest BCUT2D eigenvalue weighted by molar-refractivity contribution is 9.10. The Labute approximate surface area is 127 Å². The summed E-state index contributed by atoms with van der Waals surface area (Å²) < 4.78 is 6.52. The molecule has 0 fully saturated rings. The fourth-order valence-electron chi connectivity index (χ4n) is 1.79. The first-order chi connectivity index (χ1) is 9.06. The van der Waals surface area contributed by atoms with E-state index in [1.807, 2.05) is 13.0 Å². The van der Waals surface area contributed by atoms with Gasteiger partial charge in [0.1, 0.15) is 10.7 Å². The number of nitrogens with zero attached hydrogens (tertiary/aromatic N) is 2. The largest absolute Gasteiger partial charge is 0.436 e. The molecule has 3 aromatic rings. The van der Waals surface area contributed by atoms with Crippen molar-refractivity contribution in [3.63, 3.8) is 0 Å². The van der Waals surface area contributed by atoms with Gasteiger partial charge in [-0.05, 0) is 46.6 Å². The first kappa shape index (κ1) is 12.9. The van der Waals surface area contributed by atoms with E-state index in [-0.39, 0.29) is 0 Å². The van der Waals surface area contributed by atoms with Crippen LogP contribution in [0.15, 0.2) is 33.3 Å². The van der Waals surface area contributed by atoms with Crippen LogP contribution in [0.25, 0.3) is 22.6 Å². The predicted molar refractivity (Wildman–Crippen MR) is 79.7 cm³/mol. The standard InChI is InChI=1S/C13H7BrCl2N2O/c1-6-9(15)2-3-10-11(6)18-13(19-10)8-4-7(14)5-17-12(8)16/h2-5H,1H3. The molecule has 0 amide bonds. The zero-order valence-corrected chi connectivity index (χ0v) is 12.8. The van der Waals surface area contributed by atoms with Crippen molar-refractivity contribution in [2.24, 2.45) is 0 Å². The number of fused-ring (bicyclic) bond motifs is 1. The molecule has 0 bridgehead atoms. The van der Waals surface area contributed by atoms with E-state index >= 15 is 0 Å². The van der Waals surface area contributed by atoms with Gasteiger partial charge < -0.3 is 4.42 Å². The van der Waals surface area contributed by atoms with Crippen LogP contribution in [0.2, 0.25) is 10.2 Å². The second-order valence-electron chi connectivity index (χ2n) is 4.03. The number of hydrogen-bond acceptors (Lipinski definition) is 3. The van der Waals surface area contributed by atoms with Gasteiger partial charge >= 0.3 is 0 Å². The summed E-state index contributed by atoms with van der Waals surface area (Å²) in [6, 6.07) is 5.40. The zero-order valence-electron chi connectivity index (χ0n) is 9.75. The van der Waals surface area contributed by atoms with E-state index < -0.39 is 0 Å². The van der Waals surface area contributed by atoms with Gasteiger partial charge in [-0.3, -0.25) is 0 Å². The summed E-state index contributed by atoms with van der Waals surface area (Å²) in [5.74, 6) is 0.430. The van der Waals surface area contributed by atoms with E-state index in [9.17, 15) is 0 Å². The summed E-state index contributed by atoms with van der Waals surface area (Å²) in [6.07, 6.45) is 1.62. The summed E-state index contributed by atoms with van der Waals surface area (Å²) in [5, 5.41) is 1.00. The van der Waals surface area contributed by atoms with Crippen molar-refractivity contribution in [2.45, 2.75) is 6.92 Å². The maximum absolute atomic E-state index is 6.07. The molecule has 0 unspecified atom stereocenters. The molecule has 0 aliphatic rings. The topological polar surface area (TPSA) is 38.9 Å². The van der Waals surface area contributed by atoms with E-state index in [2.05, 4.69) is 25.9 Å². The quantitative estimate of drug-likeness (QED) is 0.557. The Morgan fingerprint density at radius 3 is 2.84 bits per heavy atom. The average Bonchev–Trinajstić information content (AvgIpc) is 2.81. The molecule has 0 radical (unpaired) electrons. The number of rotatable bonds is 1. The van der Waals surface area contributed by atoms with Gasteiger partial charge in [-0.1, -0.05) is 23.2 Å². The molecule has 2 aromatic heterocycles. The Bertz CT molecular complexity index is 786. The molecule has 0 saturated carbocycles. The highest BCUT2D eigenvalue weighted by Crippen LogP contribution is 2.33. The third-order valence-corrected chi connectivity index (χ3v) is 3.93. The van der Waals surface area contributed by atoms with Gasteiger partial charge in [-0.25, -0.2) is 9.97 Å². The summed E-state index contributed by atoms with van der Waals surface area (Å²) in [6.45, 7) is 1.90. The SMILES string of the molecule is Cc1c(Cl)ccc2oc(-c3cc(Br)cnc3Cl)nc12. The van der Waals surface area contributed by atoms with Crippen LogP contribution in [0.4, 0.5) is 0 Å². The first-order valence-corrected chi connectivity index (χ1v) is 6.98. The molecule has 0 spiro atoms. The molecule has 0 atom stereocenters. The molecule has 19 heavy (non-hydrogen) atoms. The molecule has 1 aromatic carbocycles. The van der Waals surface area contributed by atoms with E-state index in [1.165, 1.54) is 0 Å². The second-order valence-corrected chi connectivity index (χ2v) is 5.71. The number of benzene rings is 1. The van der Waals surface area contributed by atoms with Crippen molar-refractivity contribution in [1.82, 2.24) is 9.97 Å². The number of pyridine rings is 1. The van der Waals surface area contributed by atoms with Crippen LogP contribution >= 0.6 is 39.1 Å². The highest BCUT2D eigenvalue weighted by Gasteiger charge is 2.15. The van der Waals surface area contributed by atoms with Gasteiger partial charge in [0.15, 0.2) is 5.58 Å². The van der Waals surface area contributed by atoms with Gasteiger partial charge in [0.2, 0.25) is 5.89 Å². The Balaban J connectivity index is 2.26. The van der Waals surface area contributed by atoms with Crippen molar-refractivity contribution in [3.8, 4) is 11.5 Å². The van der Waals surface area contributed by atoms with Gasteiger partial charge in [0.05, 0.1) is 5.56 Å². The maximum atomic E-state index is 6.07. The predicted octanol–water partition coefficient (Wildman–Crippen LogP) is 5.27. The van der Waals surface area contributed by atoms with E-state index in [1.54, 1.807) is 18.3 Å². The maximum Gasteiger partial charge on any atom is 0.230 e. The van der Waals surface area contributed by atoms with Crippen LogP contribution in [-0.2, 0) is 0 Å². The minimum absolute atomic E-state index is 0.346. The molecule has 96 valence electrons. The van der Waals surface area contributed by atoms with E-state index in [4.69, 9.17) is 27.6 Å². The summed E-state index contributed by atoms with van der Waals surface area (Å²) >= 11 is 15.5. The minimum atomic E-state index is 0.346. The van der Waals surface area contributed by atoms with Crippen molar-refractivity contribution in [1.29, 1.82) is 0 Å². The molecule has 2 heterocycles. The van der Waals surface area contributed by atoms with Gasteiger partial charge in [0.25, 0.3) is 0 Å². The Morgan fingerprint density at radius 2 is 2.05 bits per heavy atom. The second kappa shape index (κ2) is 4.78. The van der Waals surface area contributed by atoms with Crippen LogP contribution in [-0.4, -0.2) is 9.97 Å². The molecule has 0 aliphatic heterocycles. The average molecular weight is 358 g/mol. The van der Waals surface area contributed by atoms with Crippen LogP contribution in [0.5, 0.6) is 0 Å². The van der Waals surface area contributed by atoms with Crippen LogP contribution in [0.3, 0.4) is 0 Å². The molecular weight excluding hydrogens is 351 g/mol. The fraction of sp³-hybridized carbons (Fsp3) is 0.0769. The zero-order chi connectivity index (χ0) is 13.6. The molecule has 6 heteroatoms. The lowest BCUT2D eigenvalue weighted by molar-refractivity contribution is 0.619. The van der Waals surface area contributed by atoms with Crippen LogP contribution in [0.1, 0.15) is 5.56 Å². The van der Waals surface area contributed by atoms with E-state index in [0.29, 0.717) is 27.2 Å². The Kier molecular flexibility index (Phi) is 3.25. The molecule has 3 nitrogen and oxygen atoms in total. The third kappa shape index (κ3) is 2.24. The van der Waals surface area contributed by atoms with Crippen LogP contribution < -0.4 is 0 Å². The lowest BCUT2D eigenvalue weighted by Gasteiger charge is -1.98. The first-order valence-electron chi connectivity index (χ1n) is 5.43. The smallest absolute Gasteiger partial charge is 0.230 e. The number of halogens is 3. The molecule has 0 aliphatic carbocycles. The van der Waals surface area contributed by atoms with E-state index in [0.717, 1.165) is 15.6 Å². The number of aryl methyl sites for hydroxylation is 1. The van der Waals surface area contributed by atoms with Gasteiger partial charge in [-0.2, -0.15) is 0 Å². The molecule has 0 saturated heterocycles. The number of aromatic nitrogens is 2. The number of oxazole rings is 1. The Morgan fingerprint density at radius 1 is 1.26 bits per heavy atom. The summed E-state index contributed by atoms with van der Waals surface area (Å²) in [5.41, 5.74) is 2.93. The normalized spacial score (nSPS) is 11.2. The third-order valence-electron chi connectivity index (χ3n) is 2.78. The fourth-order valence-corrected chi connectivity index (χ4v) is 2.46. The van der Waals surface area contributed by atoms with Crippen molar-refractivity contribution in [3.05, 3.63) is 44.6 Å². The summed E-state index contributed by atoms with van der Waals surface area (Å²) in [4.78, 5) is 8.51. The summed E-state index contributed by atoms with van der Waals surface area (Å²) in [7, 11) is 0. The highest BCUT2D eigenvalue weighted by atomic mass is 79.9. The van der Waals surface area contributed by atoms with Crippen LogP contribution in [0, 0.1) is 6.92 Å². The van der Waals surface area contributed by atoms with Gasteiger partial charge in [-0.15, -0.1) is 0 Å². The minimum Gasteiger partial charge on any atom is -0.436 e. The molecular formula is C13H7BrCl2N2O. The number of hydrogen-bond donors (Lipinski definition) is 0. The van der Waals surface area contributed by atoms with Crippen molar-refractivity contribution in [2.75, 3.05) is 0 Å². The molecule has 3 rings (SSSR count). The van der Waals surface area contributed by atoms with Gasteiger partial charge in [0, 0.05) is 15.7 Å². The molecule has 0 N–H and O–H groups in total. The lowest BCUT2D eigenvalue weighted by Crippen LogP contribution is -1.84.